The molecule has 7 heteroatoms. The van der Waals surface area contributed by atoms with Crippen LogP contribution in [-0.2, 0) is 16.6 Å². The van der Waals surface area contributed by atoms with Gasteiger partial charge in [0.15, 0.2) is 0 Å². The van der Waals surface area contributed by atoms with Crippen LogP contribution in [0.5, 0.6) is 0 Å². The molecule has 0 saturated carbocycles. The molecule has 2 aromatic rings. The smallest absolute Gasteiger partial charge is 0.240 e. The number of hydrogen-bond donors (Lipinski definition) is 1. The Morgan fingerprint density at radius 2 is 1.76 bits per heavy atom. The highest BCUT2D eigenvalue weighted by Gasteiger charge is 2.13. The highest BCUT2D eigenvalue weighted by Crippen LogP contribution is 2.13. The minimum atomic E-state index is -3.53. The number of nitrogens with one attached hydrogen (secondary N) is 1. The molecule has 25 heavy (non-hydrogen) atoms. The van der Waals surface area contributed by atoms with E-state index in [9.17, 15) is 8.42 Å². The van der Waals surface area contributed by atoms with E-state index in [2.05, 4.69) is 9.71 Å². The van der Waals surface area contributed by atoms with Gasteiger partial charge in [0.2, 0.25) is 10.0 Å². The lowest BCUT2D eigenvalue weighted by Gasteiger charge is -2.19. The summed E-state index contributed by atoms with van der Waals surface area (Å²) in [7, 11) is -1.64. The topological polar surface area (TPSA) is 61.8 Å². The third-order valence-electron chi connectivity index (χ3n) is 3.75. The molecule has 1 N–H and O–H groups in total. The molecule has 0 fully saturated rings. The summed E-state index contributed by atoms with van der Waals surface area (Å²) in [5.41, 5.74) is 1.14. The number of halogens is 1. The van der Waals surface area contributed by atoms with Crippen LogP contribution < -0.4 is 4.72 Å². The average molecular weight is 380 g/mol. The Labute approximate surface area is 154 Å². The van der Waals surface area contributed by atoms with Crippen LogP contribution in [0.4, 0.5) is 0 Å². The van der Waals surface area contributed by atoms with Crippen molar-refractivity contribution in [2.75, 3.05) is 20.1 Å². The van der Waals surface area contributed by atoms with Gasteiger partial charge in [-0.25, -0.2) is 13.1 Å². The summed E-state index contributed by atoms with van der Waals surface area (Å²) in [6.45, 7) is 3.33. The molecular weight excluding hydrogens is 358 g/mol. The minimum absolute atomic E-state index is 0.203. The predicted octanol–water partition coefficient (Wildman–Crippen LogP) is 3.17. The first-order valence-corrected chi connectivity index (χ1v) is 9.76. The van der Waals surface area contributed by atoms with Gasteiger partial charge in [-0.2, -0.15) is 0 Å². The zero-order valence-electron chi connectivity index (χ0n) is 14.3. The Balaban J connectivity index is 1.84. The summed E-state index contributed by atoms with van der Waals surface area (Å²) in [4.78, 5) is 6.65. The SMILES string of the molecule is CC(=NCc1ccccc1)N(C)CCNS(=O)(=O)c1ccc(Cl)cc1. The maximum absolute atomic E-state index is 12.2. The zero-order valence-corrected chi connectivity index (χ0v) is 15.9. The molecule has 134 valence electrons. The molecule has 2 aromatic carbocycles. The van der Waals surface area contributed by atoms with E-state index in [0.29, 0.717) is 24.7 Å². The number of sulfonamides is 1. The molecule has 0 radical (unpaired) electrons. The van der Waals surface area contributed by atoms with Crippen LogP contribution >= 0.6 is 11.6 Å². The summed E-state index contributed by atoms with van der Waals surface area (Å²) >= 11 is 5.78. The van der Waals surface area contributed by atoms with Crippen molar-refractivity contribution >= 4 is 27.5 Å². The number of likely N-dealkylation sites (N-methyl/N-ethyl adjacent to an activating group) is 1. The largest absolute Gasteiger partial charge is 0.362 e. The van der Waals surface area contributed by atoms with Crippen LogP contribution in [0.2, 0.25) is 5.02 Å². The van der Waals surface area contributed by atoms with Crippen molar-refractivity contribution in [3.8, 4) is 0 Å². The van der Waals surface area contributed by atoms with E-state index in [1.54, 1.807) is 12.1 Å². The van der Waals surface area contributed by atoms with E-state index in [1.807, 2.05) is 49.2 Å². The Morgan fingerprint density at radius 3 is 2.40 bits per heavy atom. The van der Waals surface area contributed by atoms with Crippen LogP contribution in [0.1, 0.15) is 12.5 Å². The molecule has 2 rings (SSSR count). The van der Waals surface area contributed by atoms with E-state index in [-0.39, 0.29) is 4.90 Å². The molecule has 0 aromatic heterocycles. The molecule has 0 amide bonds. The van der Waals surface area contributed by atoms with Gasteiger partial charge in [-0.1, -0.05) is 41.9 Å². The van der Waals surface area contributed by atoms with Crippen molar-refractivity contribution in [2.24, 2.45) is 4.99 Å². The molecule has 0 aliphatic carbocycles. The van der Waals surface area contributed by atoms with Gasteiger partial charge < -0.3 is 4.90 Å². The molecule has 5 nitrogen and oxygen atoms in total. The predicted molar refractivity (Wildman–Crippen MR) is 103 cm³/mol. The fourth-order valence-corrected chi connectivity index (χ4v) is 3.26. The van der Waals surface area contributed by atoms with Crippen molar-refractivity contribution in [3.05, 3.63) is 65.2 Å². The van der Waals surface area contributed by atoms with Crippen molar-refractivity contribution in [1.82, 2.24) is 9.62 Å². The van der Waals surface area contributed by atoms with Crippen LogP contribution in [0.25, 0.3) is 0 Å². The van der Waals surface area contributed by atoms with Gasteiger partial charge in [0.1, 0.15) is 0 Å². The molecule has 0 aliphatic rings. The first-order chi connectivity index (χ1) is 11.9. The number of benzene rings is 2. The van der Waals surface area contributed by atoms with Crippen molar-refractivity contribution in [1.29, 1.82) is 0 Å². The normalized spacial score (nSPS) is 12.2. The van der Waals surface area contributed by atoms with Gasteiger partial charge in [0.05, 0.1) is 17.3 Å². The standard InChI is InChI=1S/C18H22ClN3O2S/c1-15(20-14-16-6-4-3-5-7-16)22(2)13-12-21-25(23,24)18-10-8-17(19)9-11-18/h3-11,21H,12-14H2,1-2H3. The number of amidine groups is 1. The fraction of sp³-hybridized carbons (Fsp3) is 0.278. The van der Waals surface area contributed by atoms with E-state index >= 15 is 0 Å². The lowest BCUT2D eigenvalue weighted by Crippen LogP contribution is -2.35. The Hall–Kier alpha value is -1.89. The van der Waals surface area contributed by atoms with Gasteiger partial charge >= 0.3 is 0 Å². The highest BCUT2D eigenvalue weighted by molar-refractivity contribution is 7.89. The Kier molecular flexibility index (Phi) is 6.99. The van der Waals surface area contributed by atoms with Crippen LogP contribution in [0.3, 0.4) is 0 Å². The quantitative estimate of drug-likeness (QED) is 0.593. The third-order valence-corrected chi connectivity index (χ3v) is 5.48. The van der Waals surface area contributed by atoms with E-state index < -0.39 is 10.0 Å². The summed E-state index contributed by atoms with van der Waals surface area (Å²) in [5, 5.41) is 0.504. The van der Waals surface area contributed by atoms with Crippen molar-refractivity contribution < 1.29 is 8.42 Å². The molecule has 0 aliphatic heterocycles. The summed E-state index contributed by atoms with van der Waals surface area (Å²) < 4.78 is 27.0. The summed E-state index contributed by atoms with van der Waals surface area (Å²) in [6, 6.07) is 16.1. The number of aliphatic imine (C=N–C) groups is 1. The van der Waals surface area contributed by atoms with Crippen LogP contribution in [0.15, 0.2) is 64.5 Å². The number of nitrogens with zero attached hydrogens (tertiary/aromatic N) is 2. The lowest BCUT2D eigenvalue weighted by atomic mass is 10.2. The van der Waals surface area contributed by atoms with E-state index in [1.165, 1.54) is 12.1 Å². The van der Waals surface area contributed by atoms with Crippen LogP contribution in [0, 0.1) is 0 Å². The summed E-state index contributed by atoms with van der Waals surface area (Å²) in [6.07, 6.45) is 0. The second-order valence-electron chi connectivity index (χ2n) is 5.62. The first-order valence-electron chi connectivity index (χ1n) is 7.90. The molecular formula is C18H22ClN3O2S. The van der Waals surface area contributed by atoms with Gasteiger partial charge in [-0.3, -0.25) is 4.99 Å². The summed E-state index contributed by atoms with van der Waals surface area (Å²) in [5.74, 6) is 0.856. The molecule has 0 heterocycles. The minimum Gasteiger partial charge on any atom is -0.362 e. The molecule has 0 spiro atoms. The van der Waals surface area contributed by atoms with E-state index in [0.717, 1.165) is 11.4 Å². The maximum Gasteiger partial charge on any atom is 0.240 e. The first kappa shape index (κ1) is 19.4. The second-order valence-corrected chi connectivity index (χ2v) is 7.83. The van der Waals surface area contributed by atoms with E-state index in [4.69, 9.17) is 11.6 Å². The zero-order chi connectivity index (χ0) is 18.3. The maximum atomic E-state index is 12.2. The van der Waals surface area contributed by atoms with Gasteiger partial charge in [-0.15, -0.1) is 0 Å². The van der Waals surface area contributed by atoms with Crippen molar-refractivity contribution in [3.63, 3.8) is 0 Å². The van der Waals surface area contributed by atoms with Crippen molar-refractivity contribution in [2.45, 2.75) is 18.4 Å². The fourth-order valence-electron chi connectivity index (χ4n) is 2.12. The molecule has 0 atom stereocenters. The average Bonchev–Trinajstić information content (AvgIpc) is 2.60. The van der Waals surface area contributed by atoms with Gasteiger partial charge in [-0.05, 0) is 36.8 Å². The molecule has 0 unspecified atom stereocenters. The van der Waals surface area contributed by atoms with Gasteiger partial charge in [0, 0.05) is 25.2 Å². The second kappa shape index (κ2) is 8.99. The van der Waals surface area contributed by atoms with Crippen LogP contribution in [-0.4, -0.2) is 39.3 Å². The number of rotatable bonds is 7. The number of hydrogen-bond acceptors (Lipinski definition) is 3. The lowest BCUT2D eigenvalue weighted by molar-refractivity contribution is 0.494. The monoisotopic (exact) mass is 379 g/mol. The third kappa shape index (κ3) is 6.16. The molecule has 0 saturated heterocycles. The van der Waals surface area contributed by atoms with Gasteiger partial charge in [0.25, 0.3) is 0 Å². The Morgan fingerprint density at radius 1 is 1.12 bits per heavy atom. The Bertz CT molecular complexity index is 806. The highest BCUT2D eigenvalue weighted by atomic mass is 35.5. The molecule has 0 bridgehead atoms.